The Kier molecular flexibility index (Phi) is 5.83. The Hall–Kier alpha value is -1.95. The van der Waals surface area contributed by atoms with Crippen LogP contribution in [0.5, 0.6) is 5.75 Å². The van der Waals surface area contributed by atoms with E-state index in [2.05, 4.69) is 5.32 Å². The molecule has 1 aliphatic heterocycles. The lowest BCUT2D eigenvalue weighted by Crippen LogP contribution is -2.54. The fraction of sp³-hybridized carbons (Fsp3) is 0.474. The molecule has 1 amide bonds. The largest absolute Gasteiger partial charge is 0.491 e. The van der Waals surface area contributed by atoms with Gasteiger partial charge in [-0.1, -0.05) is 11.8 Å². The van der Waals surface area contributed by atoms with Crippen LogP contribution in [0.15, 0.2) is 29.8 Å². The molecule has 0 saturated heterocycles. The molecule has 0 fully saturated rings. The zero-order chi connectivity index (χ0) is 18.8. The molecule has 1 aromatic carbocycles. The summed E-state index contributed by atoms with van der Waals surface area (Å²) in [7, 11) is 1.84. The molecule has 0 bridgehead atoms. The van der Waals surface area contributed by atoms with Crippen molar-refractivity contribution in [1.82, 2.24) is 10.2 Å². The van der Waals surface area contributed by atoms with Gasteiger partial charge in [-0.15, -0.1) is 0 Å². The number of carbonyl (C=O) groups excluding carboxylic acids is 2. The van der Waals surface area contributed by atoms with Gasteiger partial charge in [-0.25, -0.2) is 0 Å². The number of carbonyl (C=O) groups is 2. The summed E-state index contributed by atoms with van der Waals surface area (Å²) in [6.07, 6.45) is 1.92. The minimum Gasteiger partial charge on any atom is -0.491 e. The zero-order valence-electron chi connectivity index (χ0n) is 15.6. The van der Waals surface area contributed by atoms with Crippen molar-refractivity contribution in [2.24, 2.45) is 0 Å². The van der Waals surface area contributed by atoms with Gasteiger partial charge in [0.15, 0.2) is 11.2 Å². The van der Waals surface area contributed by atoms with Crippen molar-refractivity contribution >= 4 is 23.5 Å². The topological polar surface area (TPSA) is 58.6 Å². The van der Waals surface area contributed by atoms with E-state index in [0.717, 1.165) is 11.3 Å². The fourth-order valence-corrected chi connectivity index (χ4v) is 3.48. The summed E-state index contributed by atoms with van der Waals surface area (Å²) in [6, 6.07) is 5.42. The third-order valence-electron chi connectivity index (χ3n) is 3.92. The average molecular weight is 362 g/mol. The summed E-state index contributed by atoms with van der Waals surface area (Å²) >= 11 is 1.42. The van der Waals surface area contributed by atoms with Gasteiger partial charge in [-0.3, -0.25) is 9.59 Å². The first kappa shape index (κ1) is 19.4. The van der Waals surface area contributed by atoms with E-state index >= 15 is 0 Å². The second-order valence-electron chi connectivity index (χ2n) is 7.03. The van der Waals surface area contributed by atoms with Gasteiger partial charge in [0.25, 0.3) is 5.91 Å². The third kappa shape index (κ3) is 4.57. The normalized spacial score (nSPS) is 17.1. The maximum Gasteiger partial charge on any atom is 0.254 e. The Labute approximate surface area is 153 Å². The molecule has 0 aromatic heterocycles. The Morgan fingerprint density at radius 1 is 1.32 bits per heavy atom. The average Bonchev–Trinajstić information content (AvgIpc) is 2.92. The molecule has 1 atom stereocenters. The standard InChI is InChI=1S/C19H26N2O3S/c1-12(2)24-14-7-8-15(13(3)11-14)16(22)19(4,5)20-17(23)18-21(6)9-10-25-18/h7-12,18H,1-6H3,(H,20,23). The molecule has 1 aromatic rings. The van der Waals surface area contributed by atoms with E-state index in [1.807, 2.05) is 50.4 Å². The van der Waals surface area contributed by atoms with Crippen LogP contribution in [0.4, 0.5) is 0 Å². The van der Waals surface area contributed by atoms with Crippen LogP contribution < -0.4 is 10.1 Å². The van der Waals surface area contributed by atoms with Crippen LogP contribution in [0.1, 0.15) is 43.6 Å². The number of Topliss-reactive ketones (excluding diaryl/α,β-unsaturated/α-hetero) is 1. The summed E-state index contributed by atoms with van der Waals surface area (Å²) in [5, 5.41) is 4.41. The van der Waals surface area contributed by atoms with Crippen molar-refractivity contribution in [2.45, 2.75) is 51.6 Å². The fourth-order valence-electron chi connectivity index (χ4n) is 2.63. The quantitative estimate of drug-likeness (QED) is 0.787. The van der Waals surface area contributed by atoms with Crippen LogP contribution in [-0.4, -0.2) is 40.7 Å². The first-order valence-electron chi connectivity index (χ1n) is 8.30. The van der Waals surface area contributed by atoms with Crippen LogP contribution in [0.25, 0.3) is 0 Å². The van der Waals surface area contributed by atoms with Gasteiger partial charge < -0.3 is 15.0 Å². The monoisotopic (exact) mass is 362 g/mol. The zero-order valence-corrected chi connectivity index (χ0v) is 16.4. The van der Waals surface area contributed by atoms with E-state index in [4.69, 9.17) is 4.74 Å². The maximum absolute atomic E-state index is 13.0. The van der Waals surface area contributed by atoms with Gasteiger partial charge in [0.05, 0.1) is 11.6 Å². The lowest BCUT2D eigenvalue weighted by Gasteiger charge is -2.29. The summed E-state index contributed by atoms with van der Waals surface area (Å²) in [4.78, 5) is 27.3. The molecule has 0 saturated carbocycles. The molecule has 0 aliphatic carbocycles. The smallest absolute Gasteiger partial charge is 0.254 e. The lowest BCUT2D eigenvalue weighted by atomic mass is 9.90. The van der Waals surface area contributed by atoms with Crippen molar-refractivity contribution in [2.75, 3.05) is 7.05 Å². The number of likely N-dealkylation sites (N-methyl/N-ethyl adjacent to an activating group) is 1. The number of ether oxygens (including phenoxy) is 1. The molecular weight excluding hydrogens is 336 g/mol. The van der Waals surface area contributed by atoms with Crippen molar-refractivity contribution in [3.8, 4) is 5.75 Å². The number of nitrogens with zero attached hydrogens (tertiary/aromatic N) is 1. The number of rotatable bonds is 6. The second kappa shape index (κ2) is 7.52. The predicted octanol–water partition coefficient (Wildman–Crippen LogP) is 3.34. The minimum atomic E-state index is -0.994. The van der Waals surface area contributed by atoms with Gasteiger partial charge >= 0.3 is 0 Å². The van der Waals surface area contributed by atoms with E-state index < -0.39 is 5.54 Å². The van der Waals surface area contributed by atoms with Crippen LogP contribution in [-0.2, 0) is 4.79 Å². The number of benzene rings is 1. The number of hydrogen-bond donors (Lipinski definition) is 1. The molecule has 136 valence electrons. The molecule has 0 radical (unpaired) electrons. The molecule has 0 spiro atoms. The molecule has 6 heteroatoms. The first-order chi connectivity index (χ1) is 11.6. The van der Waals surface area contributed by atoms with Gasteiger partial charge in [0, 0.05) is 18.8 Å². The maximum atomic E-state index is 13.0. The van der Waals surface area contributed by atoms with Crippen molar-refractivity contribution in [3.05, 3.63) is 40.9 Å². The Bertz CT molecular complexity index is 698. The summed E-state index contributed by atoms with van der Waals surface area (Å²) in [6.45, 7) is 9.26. The van der Waals surface area contributed by atoms with E-state index in [9.17, 15) is 9.59 Å². The van der Waals surface area contributed by atoms with Crippen molar-refractivity contribution < 1.29 is 14.3 Å². The highest BCUT2D eigenvalue weighted by molar-refractivity contribution is 8.03. The Morgan fingerprint density at radius 3 is 2.52 bits per heavy atom. The number of aryl methyl sites for hydroxylation is 1. The number of thioether (sulfide) groups is 1. The highest BCUT2D eigenvalue weighted by atomic mass is 32.2. The molecule has 1 heterocycles. The Balaban J connectivity index is 2.13. The third-order valence-corrected chi connectivity index (χ3v) is 5.00. The van der Waals surface area contributed by atoms with Gasteiger partial charge in [-0.05, 0) is 63.8 Å². The van der Waals surface area contributed by atoms with Crippen LogP contribution in [0, 0.1) is 6.92 Å². The van der Waals surface area contributed by atoms with Crippen LogP contribution in [0.3, 0.4) is 0 Å². The van der Waals surface area contributed by atoms with Gasteiger partial charge in [-0.2, -0.15) is 0 Å². The van der Waals surface area contributed by atoms with Crippen LogP contribution in [0.2, 0.25) is 0 Å². The van der Waals surface area contributed by atoms with E-state index in [0.29, 0.717) is 5.56 Å². The van der Waals surface area contributed by atoms with Gasteiger partial charge in [0.2, 0.25) is 0 Å². The number of hydrogen-bond acceptors (Lipinski definition) is 5. The number of nitrogens with one attached hydrogen (secondary N) is 1. The molecule has 1 aliphatic rings. The van der Waals surface area contributed by atoms with Crippen molar-refractivity contribution in [3.63, 3.8) is 0 Å². The highest BCUT2D eigenvalue weighted by Crippen LogP contribution is 2.26. The SMILES string of the molecule is Cc1cc(OC(C)C)ccc1C(=O)C(C)(C)NC(=O)C1SC=CN1C. The molecule has 5 nitrogen and oxygen atoms in total. The van der Waals surface area contributed by atoms with Crippen molar-refractivity contribution in [1.29, 1.82) is 0 Å². The van der Waals surface area contributed by atoms with Crippen LogP contribution >= 0.6 is 11.8 Å². The molecule has 25 heavy (non-hydrogen) atoms. The first-order valence-corrected chi connectivity index (χ1v) is 9.24. The highest BCUT2D eigenvalue weighted by Gasteiger charge is 2.35. The molecule has 1 unspecified atom stereocenters. The summed E-state index contributed by atoms with van der Waals surface area (Å²) < 4.78 is 5.66. The number of amides is 1. The lowest BCUT2D eigenvalue weighted by molar-refractivity contribution is -0.123. The predicted molar refractivity (Wildman–Crippen MR) is 102 cm³/mol. The second-order valence-corrected chi connectivity index (χ2v) is 8.02. The van der Waals surface area contributed by atoms with E-state index in [1.165, 1.54) is 11.8 Å². The van der Waals surface area contributed by atoms with Gasteiger partial charge in [0.1, 0.15) is 5.75 Å². The molecular formula is C19H26N2O3S. The summed E-state index contributed by atoms with van der Waals surface area (Å²) in [5.41, 5.74) is 0.429. The van der Waals surface area contributed by atoms with E-state index in [-0.39, 0.29) is 23.2 Å². The Morgan fingerprint density at radius 2 is 2.00 bits per heavy atom. The number of ketones is 1. The minimum absolute atomic E-state index is 0.0752. The van der Waals surface area contributed by atoms with E-state index in [1.54, 1.807) is 26.0 Å². The summed E-state index contributed by atoms with van der Waals surface area (Å²) in [5.74, 6) is 0.447. The molecule has 1 N–H and O–H groups in total. The molecule has 2 rings (SSSR count).